The molecule has 1 aliphatic heterocycles. The van der Waals surface area contributed by atoms with Crippen LogP contribution in [0.5, 0.6) is 11.5 Å². The molecule has 174 valence electrons. The van der Waals surface area contributed by atoms with Gasteiger partial charge in [-0.25, -0.2) is 8.78 Å². The summed E-state index contributed by atoms with van der Waals surface area (Å²) in [5, 5.41) is 17.2. The molecule has 3 rings (SSSR count). The molecule has 1 saturated heterocycles. The highest BCUT2D eigenvalue weighted by Crippen LogP contribution is 2.29. The van der Waals surface area contributed by atoms with Crippen molar-refractivity contribution in [1.82, 2.24) is 10.6 Å². The van der Waals surface area contributed by atoms with Crippen molar-refractivity contribution in [2.45, 2.75) is 25.5 Å². The van der Waals surface area contributed by atoms with Crippen LogP contribution in [0.25, 0.3) is 0 Å². The number of methoxy groups -OCH3 is 2. The number of aliphatic imine (C=N–C) groups is 1. The van der Waals surface area contributed by atoms with E-state index in [0.29, 0.717) is 48.3 Å². The first kappa shape index (κ1) is 23.6. The molecule has 7 nitrogen and oxygen atoms in total. The van der Waals surface area contributed by atoms with Crippen LogP contribution in [0.3, 0.4) is 0 Å². The van der Waals surface area contributed by atoms with Gasteiger partial charge in [-0.3, -0.25) is 4.99 Å². The second kappa shape index (κ2) is 11.0. The van der Waals surface area contributed by atoms with Gasteiger partial charge in [-0.05, 0) is 43.7 Å². The monoisotopic (exact) mass is 448 g/mol. The maximum atomic E-state index is 14.1. The third kappa shape index (κ3) is 5.79. The van der Waals surface area contributed by atoms with Crippen molar-refractivity contribution in [3.8, 4) is 11.5 Å². The number of aliphatic hydroxyl groups excluding tert-OH is 1. The smallest absolute Gasteiger partial charge is 0.191 e. The number of ether oxygens (including phenoxy) is 2. The topological polar surface area (TPSA) is 78.4 Å². The molecule has 1 fully saturated rings. The number of guanidine groups is 1. The minimum absolute atomic E-state index is 0.0285. The Hall–Kier alpha value is -3.07. The molecule has 0 spiro atoms. The summed E-state index contributed by atoms with van der Waals surface area (Å²) in [6.45, 7) is 3.91. The maximum Gasteiger partial charge on any atom is 0.191 e. The Morgan fingerprint density at radius 3 is 2.72 bits per heavy atom. The Morgan fingerprint density at radius 1 is 1.22 bits per heavy atom. The minimum Gasteiger partial charge on any atom is -0.497 e. The van der Waals surface area contributed by atoms with Crippen LogP contribution >= 0.6 is 0 Å². The molecule has 2 aromatic rings. The molecule has 0 radical (unpaired) electrons. The summed E-state index contributed by atoms with van der Waals surface area (Å²) in [6.07, 6.45) is -0.114. The molecule has 1 heterocycles. The molecule has 9 heteroatoms. The molecular formula is C23H30F2N4O3. The third-order valence-corrected chi connectivity index (χ3v) is 5.34. The molecule has 1 aliphatic rings. The molecule has 0 aromatic heterocycles. The SMILES string of the molecule is CCNC(=NCC(O)c1cc(OC)ccc1OC)NC1CCN(c2ccc(F)cc2F)C1. The fraction of sp³-hybridized carbons (Fsp3) is 0.435. The van der Waals surface area contributed by atoms with Gasteiger partial charge in [-0.1, -0.05) is 0 Å². The Kier molecular flexibility index (Phi) is 8.10. The van der Waals surface area contributed by atoms with E-state index in [0.717, 1.165) is 12.5 Å². The van der Waals surface area contributed by atoms with E-state index in [9.17, 15) is 13.9 Å². The van der Waals surface area contributed by atoms with Crippen molar-refractivity contribution >= 4 is 11.6 Å². The van der Waals surface area contributed by atoms with Gasteiger partial charge in [0.05, 0.1) is 26.5 Å². The van der Waals surface area contributed by atoms with Gasteiger partial charge in [0, 0.05) is 37.3 Å². The van der Waals surface area contributed by atoms with Crippen LogP contribution in [0.2, 0.25) is 0 Å². The molecular weight excluding hydrogens is 418 g/mol. The van der Waals surface area contributed by atoms with E-state index in [1.165, 1.54) is 12.1 Å². The van der Waals surface area contributed by atoms with Gasteiger partial charge in [0.2, 0.25) is 0 Å². The number of nitrogens with zero attached hydrogens (tertiary/aromatic N) is 2. The standard InChI is InChI=1S/C23H30F2N4O3/c1-4-26-23(27-13-21(30)18-12-17(31-2)6-8-22(18)32-3)28-16-9-10-29(14-16)20-7-5-15(24)11-19(20)25/h5-8,11-12,16,21,30H,4,9-10,13-14H2,1-3H3,(H2,26,27,28). The molecule has 0 amide bonds. The fourth-order valence-corrected chi connectivity index (χ4v) is 3.72. The number of halogens is 2. The average Bonchev–Trinajstić information content (AvgIpc) is 3.25. The van der Waals surface area contributed by atoms with Crippen LogP contribution in [-0.2, 0) is 0 Å². The highest BCUT2D eigenvalue weighted by atomic mass is 19.1. The number of hydrogen-bond donors (Lipinski definition) is 3. The molecule has 0 aliphatic carbocycles. The largest absolute Gasteiger partial charge is 0.497 e. The zero-order valence-electron chi connectivity index (χ0n) is 18.6. The van der Waals surface area contributed by atoms with E-state index in [1.807, 2.05) is 11.8 Å². The first-order valence-electron chi connectivity index (χ1n) is 10.6. The molecule has 2 atom stereocenters. The van der Waals surface area contributed by atoms with Crippen molar-refractivity contribution in [3.05, 3.63) is 53.6 Å². The van der Waals surface area contributed by atoms with Gasteiger partial charge in [0.25, 0.3) is 0 Å². The summed E-state index contributed by atoms with van der Waals surface area (Å²) < 4.78 is 37.9. The molecule has 2 unspecified atom stereocenters. The normalized spacial score (nSPS) is 17.2. The summed E-state index contributed by atoms with van der Waals surface area (Å²) >= 11 is 0. The Bertz CT molecular complexity index is 941. The first-order valence-corrected chi connectivity index (χ1v) is 10.6. The number of hydrogen-bond acceptors (Lipinski definition) is 5. The predicted octanol–water partition coefficient (Wildman–Crippen LogP) is 2.85. The summed E-state index contributed by atoms with van der Waals surface area (Å²) in [7, 11) is 3.11. The first-order chi connectivity index (χ1) is 15.4. The van der Waals surface area contributed by atoms with Gasteiger partial charge in [-0.15, -0.1) is 0 Å². The molecule has 0 bridgehead atoms. The van der Waals surface area contributed by atoms with E-state index < -0.39 is 17.7 Å². The number of aliphatic hydroxyl groups is 1. The Balaban J connectivity index is 1.65. The summed E-state index contributed by atoms with van der Waals surface area (Å²) in [5.41, 5.74) is 0.975. The average molecular weight is 449 g/mol. The summed E-state index contributed by atoms with van der Waals surface area (Å²) in [5.74, 6) is 0.571. The highest BCUT2D eigenvalue weighted by Gasteiger charge is 2.25. The Morgan fingerprint density at radius 2 is 2.03 bits per heavy atom. The zero-order chi connectivity index (χ0) is 23.1. The third-order valence-electron chi connectivity index (χ3n) is 5.34. The second-order valence-corrected chi connectivity index (χ2v) is 7.51. The van der Waals surface area contributed by atoms with Crippen LogP contribution in [0.15, 0.2) is 41.4 Å². The van der Waals surface area contributed by atoms with Crippen molar-refractivity contribution in [2.24, 2.45) is 4.99 Å². The molecule has 32 heavy (non-hydrogen) atoms. The number of nitrogens with one attached hydrogen (secondary N) is 2. The highest BCUT2D eigenvalue weighted by molar-refractivity contribution is 5.80. The summed E-state index contributed by atoms with van der Waals surface area (Å²) in [6, 6.07) is 8.89. The van der Waals surface area contributed by atoms with Crippen molar-refractivity contribution in [2.75, 3.05) is 45.3 Å². The lowest BCUT2D eigenvalue weighted by atomic mass is 10.1. The van der Waals surface area contributed by atoms with E-state index in [4.69, 9.17) is 9.47 Å². The van der Waals surface area contributed by atoms with E-state index >= 15 is 0 Å². The number of anilines is 1. The number of rotatable bonds is 8. The van der Waals surface area contributed by atoms with Crippen molar-refractivity contribution < 1.29 is 23.4 Å². The van der Waals surface area contributed by atoms with E-state index in [-0.39, 0.29) is 12.6 Å². The van der Waals surface area contributed by atoms with Crippen molar-refractivity contribution in [3.63, 3.8) is 0 Å². The van der Waals surface area contributed by atoms with Crippen LogP contribution in [0, 0.1) is 11.6 Å². The zero-order valence-corrected chi connectivity index (χ0v) is 18.6. The van der Waals surface area contributed by atoms with Crippen LogP contribution in [0.1, 0.15) is 25.0 Å². The molecule has 2 aromatic carbocycles. The lowest BCUT2D eigenvalue weighted by Gasteiger charge is -2.21. The van der Waals surface area contributed by atoms with Gasteiger partial charge in [0.15, 0.2) is 5.96 Å². The quantitative estimate of drug-likeness (QED) is 0.426. The van der Waals surface area contributed by atoms with Crippen LogP contribution < -0.4 is 25.0 Å². The van der Waals surface area contributed by atoms with Crippen LogP contribution in [-0.4, -0.2) is 57.5 Å². The number of benzene rings is 2. The van der Waals surface area contributed by atoms with Gasteiger partial charge < -0.3 is 30.1 Å². The predicted molar refractivity (Wildman–Crippen MR) is 121 cm³/mol. The van der Waals surface area contributed by atoms with Crippen LogP contribution in [0.4, 0.5) is 14.5 Å². The minimum atomic E-state index is -0.885. The Labute approximate surface area is 187 Å². The van der Waals surface area contributed by atoms with E-state index in [1.54, 1.807) is 32.4 Å². The van der Waals surface area contributed by atoms with Gasteiger partial charge in [0.1, 0.15) is 29.2 Å². The van der Waals surface area contributed by atoms with E-state index in [2.05, 4.69) is 15.6 Å². The maximum absolute atomic E-state index is 14.1. The lowest BCUT2D eigenvalue weighted by Crippen LogP contribution is -2.44. The second-order valence-electron chi connectivity index (χ2n) is 7.51. The molecule has 3 N–H and O–H groups in total. The fourth-order valence-electron chi connectivity index (χ4n) is 3.72. The lowest BCUT2D eigenvalue weighted by molar-refractivity contribution is 0.182. The summed E-state index contributed by atoms with van der Waals surface area (Å²) in [4.78, 5) is 6.40. The van der Waals surface area contributed by atoms with Gasteiger partial charge >= 0.3 is 0 Å². The van der Waals surface area contributed by atoms with Crippen molar-refractivity contribution in [1.29, 1.82) is 0 Å². The molecule has 0 saturated carbocycles. The van der Waals surface area contributed by atoms with Gasteiger partial charge in [-0.2, -0.15) is 0 Å².